The first-order valence-corrected chi connectivity index (χ1v) is 7.68. The van der Waals surface area contributed by atoms with Crippen LogP contribution in [0.2, 0.25) is 0 Å². The molecule has 1 N–H and O–H groups in total. The van der Waals surface area contributed by atoms with Crippen LogP contribution in [-0.2, 0) is 6.54 Å². The number of nitrogens with one attached hydrogen (secondary N) is 1. The zero-order valence-corrected chi connectivity index (χ0v) is 12.4. The Morgan fingerprint density at radius 1 is 1.18 bits per heavy atom. The quantitative estimate of drug-likeness (QED) is 0.633. The van der Waals surface area contributed by atoms with Crippen molar-refractivity contribution >= 4 is 33.0 Å². The number of amides is 1. The Morgan fingerprint density at radius 2 is 2.05 bits per heavy atom. The summed E-state index contributed by atoms with van der Waals surface area (Å²) in [6, 6.07) is 13.6. The number of nitrogens with zero attached hydrogens (tertiary/aromatic N) is 3. The van der Waals surface area contributed by atoms with E-state index in [0.29, 0.717) is 11.6 Å². The van der Waals surface area contributed by atoms with Crippen LogP contribution in [0.25, 0.3) is 15.7 Å². The highest BCUT2D eigenvalue weighted by Crippen LogP contribution is 2.21. The van der Waals surface area contributed by atoms with Crippen LogP contribution in [0.15, 0.2) is 54.9 Å². The maximum atomic E-state index is 12.3. The standard InChI is InChI=1S/C16H12N4OS/c21-15(16-19-12-5-1-2-7-14(12)22-16)17-9-11-10-18-20-8-4-3-6-13(11)20/h1-8,10H,9H2,(H,17,21). The van der Waals surface area contributed by atoms with Gasteiger partial charge in [-0.15, -0.1) is 11.3 Å². The Kier molecular flexibility index (Phi) is 3.08. The third-order valence-electron chi connectivity index (χ3n) is 3.43. The normalized spacial score (nSPS) is 11.1. The van der Waals surface area contributed by atoms with Crippen LogP contribution in [0.3, 0.4) is 0 Å². The van der Waals surface area contributed by atoms with E-state index in [1.165, 1.54) is 11.3 Å². The van der Waals surface area contributed by atoms with Gasteiger partial charge in [0.05, 0.1) is 21.9 Å². The molecule has 0 atom stereocenters. The van der Waals surface area contributed by atoms with Crippen molar-refractivity contribution in [3.63, 3.8) is 0 Å². The number of aromatic nitrogens is 3. The third-order valence-corrected chi connectivity index (χ3v) is 4.47. The summed E-state index contributed by atoms with van der Waals surface area (Å²) in [6.45, 7) is 0.433. The highest BCUT2D eigenvalue weighted by molar-refractivity contribution is 7.20. The molecule has 0 unspecified atom stereocenters. The molecule has 6 heteroatoms. The van der Waals surface area contributed by atoms with Gasteiger partial charge in [-0.05, 0) is 24.3 Å². The van der Waals surface area contributed by atoms with Crippen LogP contribution in [0.4, 0.5) is 0 Å². The Hall–Kier alpha value is -2.73. The highest BCUT2D eigenvalue weighted by atomic mass is 32.1. The monoisotopic (exact) mass is 308 g/mol. The summed E-state index contributed by atoms with van der Waals surface area (Å²) in [7, 11) is 0. The molecule has 4 rings (SSSR count). The smallest absolute Gasteiger partial charge is 0.280 e. The van der Waals surface area contributed by atoms with E-state index in [2.05, 4.69) is 15.4 Å². The number of thiazole rings is 1. The molecule has 0 bridgehead atoms. The Balaban J connectivity index is 1.54. The Bertz CT molecular complexity index is 939. The summed E-state index contributed by atoms with van der Waals surface area (Å²) in [5.41, 5.74) is 2.83. The Morgan fingerprint density at radius 3 is 2.95 bits per heavy atom. The van der Waals surface area contributed by atoms with Crippen molar-refractivity contribution in [1.82, 2.24) is 19.9 Å². The summed E-state index contributed by atoms with van der Waals surface area (Å²) in [5, 5.41) is 7.65. The second-order valence-electron chi connectivity index (χ2n) is 4.87. The van der Waals surface area contributed by atoms with Crippen molar-refractivity contribution in [3.8, 4) is 0 Å². The van der Waals surface area contributed by atoms with Gasteiger partial charge in [-0.3, -0.25) is 4.79 Å². The lowest BCUT2D eigenvalue weighted by molar-refractivity contribution is 0.0951. The molecule has 22 heavy (non-hydrogen) atoms. The molecule has 0 aliphatic heterocycles. The van der Waals surface area contributed by atoms with Gasteiger partial charge in [-0.1, -0.05) is 18.2 Å². The number of rotatable bonds is 3. The summed E-state index contributed by atoms with van der Waals surface area (Å²) >= 11 is 1.40. The van der Waals surface area contributed by atoms with Crippen LogP contribution in [0, 0.1) is 0 Å². The van der Waals surface area contributed by atoms with Gasteiger partial charge < -0.3 is 5.32 Å². The van der Waals surface area contributed by atoms with Crippen molar-refractivity contribution in [2.45, 2.75) is 6.54 Å². The lowest BCUT2D eigenvalue weighted by atomic mass is 10.2. The van der Waals surface area contributed by atoms with Crippen LogP contribution in [0.1, 0.15) is 15.4 Å². The van der Waals surface area contributed by atoms with E-state index in [-0.39, 0.29) is 5.91 Å². The summed E-state index contributed by atoms with van der Waals surface area (Å²) in [6.07, 6.45) is 3.65. The van der Waals surface area contributed by atoms with E-state index in [0.717, 1.165) is 21.3 Å². The second kappa shape index (κ2) is 5.23. The molecule has 3 aromatic heterocycles. The van der Waals surface area contributed by atoms with Crippen molar-refractivity contribution in [3.05, 3.63) is 65.4 Å². The molecule has 0 radical (unpaired) electrons. The first-order valence-electron chi connectivity index (χ1n) is 6.86. The van der Waals surface area contributed by atoms with Crippen LogP contribution in [0.5, 0.6) is 0 Å². The molecular formula is C16H12N4OS. The SMILES string of the molecule is O=C(NCc1cnn2ccccc12)c1nc2ccccc2s1. The van der Waals surface area contributed by atoms with E-state index in [1.54, 1.807) is 10.7 Å². The number of pyridine rings is 1. The van der Waals surface area contributed by atoms with Crippen LogP contribution < -0.4 is 5.32 Å². The minimum Gasteiger partial charge on any atom is -0.346 e. The fraction of sp³-hybridized carbons (Fsp3) is 0.0625. The molecule has 0 spiro atoms. The predicted molar refractivity (Wildman–Crippen MR) is 86.0 cm³/mol. The number of carbonyl (C=O) groups is 1. The largest absolute Gasteiger partial charge is 0.346 e. The molecule has 0 aliphatic rings. The summed E-state index contributed by atoms with van der Waals surface area (Å²) in [5.74, 6) is -0.156. The number of hydrogen-bond donors (Lipinski definition) is 1. The summed E-state index contributed by atoms with van der Waals surface area (Å²) < 4.78 is 2.81. The first-order chi connectivity index (χ1) is 10.8. The molecule has 0 saturated heterocycles. The number of fused-ring (bicyclic) bond motifs is 2. The topological polar surface area (TPSA) is 59.3 Å². The first kappa shape index (κ1) is 13.0. The maximum absolute atomic E-state index is 12.3. The maximum Gasteiger partial charge on any atom is 0.280 e. The zero-order valence-electron chi connectivity index (χ0n) is 11.6. The van der Waals surface area contributed by atoms with Gasteiger partial charge in [0.1, 0.15) is 0 Å². The lowest BCUT2D eigenvalue weighted by Gasteiger charge is -2.01. The molecule has 108 valence electrons. The van der Waals surface area contributed by atoms with Crippen molar-refractivity contribution < 1.29 is 4.79 Å². The van der Waals surface area contributed by atoms with Crippen LogP contribution in [-0.4, -0.2) is 20.5 Å². The van der Waals surface area contributed by atoms with Crippen LogP contribution >= 0.6 is 11.3 Å². The fourth-order valence-electron chi connectivity index (χ4n) is 2.34. The molecule has 4 aromatic rings. The molecule has 3 heterocycles. The molecule has 0 aliphatic carbocycles. The van der Waals surface area contributed by atoms with Gasteiger partial charge >= 0.3 is 0 Å². The minimum absolute atomic E-state index is 0.156. The van der Waals surface area contributed by atoms with Gasteiger partial charge in [0.25, 0.3) is 5.91 Å². The van der Waals surface area contributed by atoms with Gasteiger partial charge in [0.2, 0.25) is 0 Å². The molecule has 1 amide bonds. The average molecular weight is 308 g/mol. The van der Waals surface area contributed by atoms with Gasteiger partial charge in [0.15, 0.2) is 5.01 Å². The predicted octanol–water partition coefficient (Wildman–Crippen LogP) is 2.87. The highest BCUT2D eigenvalue weighted by Gasteiger charge is 2.12. The second-order valence-corrected chi connectivity index (χ2v) is 5.90. The average Bonchev–Trinajstić information content (AvgIpc) is 3.16. The third kappa shape index (κ3) is 2.23. The number of carbonyl (C=O) groups excluding carboxylic acids is 1. The molecule has 5 nitrogen and oxygen atoms in total. The summed E-state index contributed by atoms with van der Waals surface area (Å²) in [4.78, 5) is 16.6. The van der Waals surface area contributed by atoms with Crippen molar-refractivity contribution in [1.29, 1.82) is 0 Å². The van der Waals surface area contributed by atoms with E-state index >= 15 is 0 Å². The fourth-order valence-corrected chi connectivity index (χ4v) is 3.23. The van der Waals surface area contributed by atoms with Crippen molar-refractivity contribution in [2.24, 2.45) is 0 Å². The van der Waals surface area contributed by atoms with Gasteiger partial charge in [0, 0.05) is 18.3 Å². The van der Waals surface area contributed by atoms with E-state index in [1.807, 2.05) is 48.7 Å². The molecule has 0 saturated carbocycles. The van der Waals surface area contributed by atoms with E-state index in [9.17, 15) is 4.79 Å². The van der Waals surface area contributed by atoms with Gasteiger partial charge in [-0.25, -0.2) is 9.50 Å². The zero-order chi connectivity index (χ0) is 14.9. The molecular weight excluding hydrogens is 296 g/mol. The minimum atomic E-state index is -0.156. The van der Waals surface area contributed by atoms with E-state index < -0.39 is 0 Å². The molecule has 1 aromatic carbocycles. The molecule has 0 fully saturated rings. The number of hydrogen-bond acceptors (Lipinski definition) is 4. The number of para-hydroxylation sites is 1. The van der Waals surface area contributed by atoms with Gasteiger partial charge in [-0.2, -0.15) is 5.10 Å². The Labute approximate surface area is 130 Å². The van der Waals surface area contributed by atoms with Crippen molar-refractivity contribution in [2.75, 3.05) is 0 Å². The van der Waals surface area contributed by atoms with E-state index in [4.69, 9.17) is 0 Å². The number of benzene rings is 1. The lowest BCUT2D eigenvalue weighted by Crippen LogP contribution is -2.22.